The van der Waals surface area contributed by atoms with Crippen molar-refractivity contribution in [1.29, 1.82) is 0 Å². The molecule has 35 heavy (non-hydrogen) atoms. The summed E-state index contributed by atoms with van der Waals surface area (Å²) in [5.41, 5.74) is 6.20. The van der Waals surface area contributed by atoms with Gasteiger partial charge in [0.1, 0.15) is 12.7 Å². The van der Waals surface area contributed by atoms with E-state index in [4.69, 9.17) is 0 Å². The van der Waals surface area contributed by atoms with Gasteiger partial charge >= 0.3 is 0 Å². The van der Waals surface area contributed by atoms with Crippen molar-refractivity contribution < 1.29 is 9.59 Å². The van der Waals surface area contributed by atoms with Crippen LogP contribution in [0.3, 0.4) is 0 Å². The fraction of sp³-hybridized carbons (Fsp3) is 0.185. The number of anilines is 1. The molecule has 0 unspecified atom stereocenters. The van der Waals surface area contributed by atoms with Gasteiger partial charge in [-0.1, -0.05) is 18.2 Å². The van der Waals surface area contributed by atoms with Crippen LogP contribution in [0.5, 0.6) is 0 Å². The number of nitrogens with zero attached hydrogens (tertiary/aromatic N) is 4. The molecule has 8 nitrogen and oxygen atoms in total. The Kier molecular flexibility index (Phi) is 6.36. The number of amides is 2. The molecule has 1 aliphatic rings. The van der Waals surface area contributed by atoms with Gasteiger partial charge in [0.05, 0.1) is 0 Å². The number of fused-ring (bicyclic) bond motifs is 1. The van der Waals surface area contributed by atoms with Crippen LogP contribution in [-0.2, 0) is 19.5 Å². The maximum Gasteiger partial charge on any atom is 0.255 e. The van der Waals surface area contributed by atoms with E-state index in [0.29, 0.717) is 17.7 Å². The molecule has 0 bridgehead atoms. The summed E-state index contributed by atoms with van der Waals surface area (Å²) in [6.45, 7) is 2.26. The smallest absolute Gasteiger partial charge is 0.255 e. The third-order valence-electron chi connectivity index (χ3n) is 6.16. The van der Waals surface area contributed by atoms with E-state index < -0.39 is 0 Å². The van der Waals surface area contributed by atoms with Crippen LogP contribution in [0.15, 0.2) is 79.4 Å². The van der Waals surface area contributed by atoms with Crippen molar-refractivity contribution in [1.82, 2.24) is 25.0 Å². The van der Waals surface area contributed by atoms with E-state index in [0.717, 1.165) is 36.4 Å². The van der Waals surface area contributed by atoms with Crippen molar-refractivity contribution in [2.45, 2.75) is 19.5 Å². The Morgan fingerprint density at radius 1 is 0.886 bits per heavy atom. The summed E-state index contributed by atoms with van der Waals surface area (Å²) in [4.78, 5) is 27.7. The van der Waals surface area contributed by atoms with Gasteiger partial charge < -0.3 is 15.5 Å². The van der Waals surface area contributed by atoms with E-state index in [2.05, 4.69) is 44.9 Å². The standard InChI is InChI=1S/C27H26N6O2/c1-32-12-11-20-5-8-24(14-23(20)16-32)31-27(35)22-4-2-3-19(13-22)15-28-26(34)21-6-9-25(10-7-21)33-17-29-30-18-33/h2-10,13-14,17-18H,11-12,15-16H2,1H3,(H,28,34)(H,31,35). The van der Waals surface area contributed by atoms with E-state index in [1.807, 2.05) is 30.3 Å². The van der Waals surface area contributed by atoms with Crippen LogP contribution in [0.4, 0.5) is 5.69 Å². The fourth-order valence-electron chi connectivity index (χ4n) is 4.21. The first-order valence-electron chi connectivity index (χ1n) is 11.5. The zero-order valence-electron chi connectivity index (χ0n) is 19.4. The summed E-state index contributed by atoms with van der Waals surface area (Å²) >= 11 is 0. The lowest BCUT2D eigenvalue weighted by molar-refractivity contribution is 0.0950. The van der Waals surface area contributed by atoms with Gasteiger partial charge in [-0.25, -0.2) is 0 Å². The molecule has 0 saturated carbocycles. The summed E-state index contributed by atoms with van der Waals surface area (Å²) in [6.07, 6.45) is 4.23. The molecule has 0 aliphatic carbocycles. The third-order valence-corrected chi connectivity index (χ3v) is 6.16. The molecule has 2 amide bonds. The van der Waals surface area contributed by atoms with Gasteiger partial charge in [0, 0.05) is 42.1 Å². The molecule has 4 aromatic rings. The summed E-state index contributed by atoms with van der Waals surface area (Å²) in [5, 5.41) is 13.5. The highest BCUT2D eigenvalue weighted by Crippen LogP contribution is 2.22. The SMILES string of the molecule is CN1CCc2ccc(NC(=O)c3cccc(CNC(=O)c4ccc(-n5cnnc5)cc4)c3)cc2C1. The topological polar surface area (TPSA) is 92.2 Å². The first kappa shape index (κ1) is 22.5. The van der Waals surface area contributed by atoms with Gasteiger partial charge in [-0.15, -0.1) is 10.2 Å². The average molecular weight is 467 g/mol. The van der Waals surface area contributed by atoms with Gasteiger partial charge in [0.15, 0.2) is 0 Å². The summed E-state index contributed by atoms with van der Waals surface area (Å²) in [6, 6.07) is 20.6. The Hall–Kier alpha value is -4.30. The highest BCUT2D eigenvalue weighted by Gasteiger charge is 2.15. The predicted molar refractivity (Wildman–Crippen MR) is 133 cm³/mol. The van der Waals surface area contributed by atoms with E-state index in [1.54, 1.807) is 41.5 Å². The molecular weight excluding hydrogens is 440 g/mol. The van der Waals surface area contributed by atoms with Gasteiger partial charge in [-0.3, -0.25) is 14.2 Å². The van der Waals surface area contributed by atoms with Crippen LogP contribution in [0, 0.1) is 0 Å². The zero-order valence-corrected chi connectivity index (χ0v) is 19.4. The Labute approximate surface area is 203 Å². The zero-order chi connectivity index (χ0) is 24.2. The minimum Gasteiger partial charge on any atom is -0.348 e. The lowest BCUT2D eigenvalue weighted by Crippen LogP contribution is -2.26. The number of hydrogen-bond donors (Lipinski definition) is 2. The molecule has 2 heterocycles. The highest BCUT2D eigenvalue weighted by atomic mass is 16.2. The molecule has 0 radical (unpaired) electrons. The van der Waals surface area contributed by atoms with Gasteiger partial charge in [0.2, 0.25) is 0 Å². The van der Waals surface area contributed by atoms with E-state index in [9.17, 15) is 9.59 Å². The van der Waals surface area contributed by atoms with Crippen molar-refractivity contribution in [3.8, 4) is 5.69 Å². The van der Waals surface area contributed by atoms with E-state index in [-0.39, 0.29) is 11.8 Å². The van der Waals surface area contributed by atoms with Crippen LogP contribution >= 0.6 is 0 Å². The summed E-state index contributed by atoms with van der Waals surface area (Å²) in [7, 11) is 2.10. The lowest BCUT2D eigenvalue weighted by atomic mass is 9.99. The van der Waals surface area contributed by atoms with E-state index >= 15 is 0 Å². The molecule has 0 spiro atoms. The Balaban J connectivity index is 1.20. The van der Waals surface area contributed by atoms with Crippen LogP contribution in [-0.4, -0.2) is 45.1 Å². The number of rotatable bonds is 6. The molecule has 0 fully saturated rings. The summed E-state index contributed by atoms with van der Waals surface area (Å²) < 4.78 is 1.76. The van der Waals surface area contributed by atoms with Crippen LogP contribution in [0.1, 0.15) is 37.4 Å². The van der Waals surface area contributed by atoms with E-state index in [1.165, 1.54) is 11.1 Å². The first-order chi connectivity index (χ1) is 17.0. The maximum absolute atomic E-state index is 12.9. The predicted octanol–water partition coefficient (Wildman–Crippen LogP) is 3.44. The van der Waals surface area contributed by atoms with Gasteiger partial charge in [-0.2, -0.15) is 0 Å². The van der Waals surface area contributed by atoms with Crippen molar-refractivity contribution in [2.75, 3.05) is 18.9 Å². The first-order valence-corrected chi connectivity index (χ1v) is 11.5. The molecule has 2 N–H and O–H groups in total. The van der Waals surface area contributed by atoms with Crippen LogP contribution in [0.2, 0.25) is 0 Å². The number of hydrogen-bond acceptors (Lipinski definition) is 5. The second-order valence-corrected chi connectivity index (χ2v) is 8.72. The highest BCUT2D eigenvalue weighted by molar-refractivity contribution is 6.04. The van der Waals surface area contributed by atoms with Gasteiger partial charge in [0.25, 0.3) is 11.8 Å². The normalized spacial score (nSPS) is 13.2. The molecule has 8 heteroatoms. The molecule has 0 atom stereocenters. The molecule has 5 rings (SSSR count). The Morgan fingerprint density at radius 3 is 2.49 bits per heavy atom. The van der Waals surface area contributed by atoms with Crippen molar-refractivity contribution in [3.63, 3.8) is 0 Å². The van der Waals surface area contributed by atoms with Crippen molar-refractivity contribution in [2.24, 2.45) is 0 Å². The fourth-order valence-corrected chi connectivity index (χ4v) is 4.21. The number of likely N-dealkylation sites (N-methyl/N-ethyl adjacent to an activating group) is 1. The molecular formula is C27H26N6O2. The van der Waals surface area contributed by atoms with Crippen molar-refractivity contribution >= 4 is 17.5 Å². The van der Waals surface area contributed by atoms with Crippen LogP contribution in [0.25, 0.3) is 5.69 Å². The van der Waals surface area contributed by atoms with Gasteiger partial charge in [-0.05, 0) is 78.7 Å². The molecule has 1 aromatic heterocycles. The number of nitrogens with one attached hydrogen (secondary N) is 2. The number of carbonyl (C=O) groups excluding carboxylic acids is 2. The Bertz CT molecular complexity index is 1350. The molecule has 0 saturated heterocycles. The van der Waals surface area contributed by atoms with Crippen LogP contribution < -0.4 is 10.6 Å². The summed E-state index contributed by atoms with van der Waals surface area (Å²) in [5.74, 6) is -0.360. The maximum atomic E-state index is 12.9. The lowest BCUT2D eigenvalue weighted by Gasteiger charge is -2.25. The molecule has 3 aromatic carbocycles. The number of aromatic nitrogens is 3. The Morgan fingerprint density at radius 2 is 1.69 bits per heavy atom. The van der Waals surface area contributed by atoms with Crippen molar-refractivity contribution in [3.05, 3.63) is 107 Å². The quantitative estimate of drug-likeness (QED) is 0.454. The minimum absolute atomic E-state index is 0.174. The average Bonchev–Trinajstić information content (AvgIpc) is 3.42. The third kappa shape index (κ3) is 5.28. The molecule has 1 aliphatic heterocycles. The largest absolute Gasteiger partial charge is 0.348 e. The monoisotopic (exact) mass is 466 g/mol. The second-order valence-electron chi connectivity index (χ2n) is 8.72. The minimum atomic E-state index is -0.186. The number of carbonyl (C=O) groups is 2. The number of benzene rings is 3. The second kappa shape index (κ2) is 9.90. The molecule has 176 valence electrons.